The van der Waals surface area contributed by atoms with Gasteiger partial charge >= 0.3 is 0 Å². The molecular formula is C13H18ClFN2O2. The Bertz CT molecular complexity index is 409. The van der Waals surface area contributed by atoms with Crippen molar-refractivity contribution in [1.82, 2.24) is 10.2 Å². The first kappa shape index (κ1) is 15.9. The Balaban J connectivity index is 2.44. The molecule has 1 rings (SSSR count). The largest absolute Gasteiger partial charge is 0.383 e. The minimum atomic E-state index is -0.613. The van der Waals surface area contributed by atoms with Crippen LogP contribution in [0.4, 0.5) is 4.39 Å². The zero-order valence-corrected chi connectivity index (χ0v) is 11.8. The molecular weight excluding hydrogens is 271 g/mol. The van der Waals surface area contributed by atoms with Crippen molar-refractivity contribution in [3.8, 4) is 0 Å². The molecule has 0 aliphatic heterocycles. The van der Waals surface area contributed by atoms with Crippen molar-refractivity contribution < 1.29 is 13.9 Å². The average molecular weight is 289 g/mol. The van der Waals surface area contributed by atoms with Crippen molar-refractivity contribution in [2.75, 3.05) is 40.4 Å². The molecule has 0 bridgehead atoms. The summed E-state index contributed by atoms with van der Waals surface area (Å²) in [5.41, 5.74) is -0.108. The van der Waals surface area contributed by atoms with Crippen molar-refractivity contribution in [2.45, 2.75) is 0 Å². The highest BCUT2D eigenvalue weighted by Crippen LogP contribution is 2.18. The number of rotatable bonds is 7. The molecule has 0 saturated carbocycles. The van der Waals surface area contributed by atoms with Gasteiger partial charge in [-0.2, -0.15) is 0 Å². The molecule has 6 heteroatoms. The van der Waals surface area contributed by atoms with E-state index < -0.39 is 11.7 Å². The summed E-state index contributed by atoms with van der Waals surface area (Å²) in [4.78, 5) is 13.8. The maximum atomic E-state index is 13.5. The van der Waals surface area contributed by atoms with E-state index in [-0.39, 0.29) is 10.6 Å². The number of amides is 1. The molecule has 19 heavy (non-hydrogen) atoms. The Labute approximate surface area is 117 Å². The van der Waals surface area contributed by atoms with Crippen molar-refractivity contribution in [3.63, 3.8) is 0 Å². The van der Waals surface area contributed by atoms with E-state index in [1.165, 1.54) is 18.2 Å². The molecule has 0 heterocycles. The monoisotopic (exact) mass is 288 g/mol. The van der Waals surface area contributed by atoms with Gasteiger partial charge in [-0.15, -0.1) is 0 Å². The fourth-order valence-corrected chi connectivity index (χ4v) is 1.77. The Morgan fingerprint density at radius 2 is 2.21 bits per heavy atom. The standard InChI is InChI=1S/C13H18ClFN2O2/c1-17(8-9-19-2)7-6-16-13(18)12-10(14)4-3-5-11(12)15/h3-5H,6-9H2,1-2H3,(H,16,18). The highest BCUT2D eigenvalue weighted by Gasteiger charge is 2.15. The molecule has 0 spiro atoms. The van der Waals surface area contributed by atoms with Gasteiger partial charge in [0.05, 0.1) is 17.2 Å². The van der Waals surface area contributed by atoms with E-state index in [9.17, 15) is 9.18 Å². The van der Waals surface area contributed by atoms with Crippen LogP contribution < -0.4 is 5.32 Å². The SMILES string of the molecule is COCCN(C)CCNC(=O)c1c(F)cccc1Cl. The van der Waals surface area contributed by atoms with Gasteiger partial charge in [-0.25, -0.2) is 4.39 Å². The molecule has 1 N–H and O–H groups in total. The van der Waals surface area contributed by atoms with Gasteiger partial charge in [0.25, 0.3) is 5.91 Å². The summed E-state index contributed by atoms with van der Waals surface area (Å²) < 4.78 is 18.4. The van der Waals surface area contributed by atoms with E-state index in [1.54, 1.807) is 7.11 Å². The van der Waals surface area contributed by atoms with Crippen molar-refractivity contribution in [3.05, 3.63) is 34.6 Å². The number of nitrogens with zero attached hydrogens (tertiary/aromatic N) is 1. The van der Waals surface area contributed by atoms with Gasteiger partial charge in [-0.1, -0.05) is 17.7 Å². The quantitative estimate of drug-likeness (QED) is 0.832. The Hall–Kier alpha value is -1.17. The second-order valence-electron chi connectivity index (χ2n) is 4.15. The summed E-state index contributed by atoms with van der Waals surface area (Å²) >= 11 is 5.81. The number of hydrogen-bond acceptors (Lipinski definition) is 3. The van der Waals surface area contributed by atoms with Crippen LogP contribution in [0.2, 0.25) is 5.02 Å². The molecule has 1 aromatic carbocycles. The second-order valence-corrected chi connectivity index (χ2v) is 4.56. The summed E-state index contributed by atoms with van der Waals surface area (Å²) in [6.07, 6.45) is 0. The highest BCUT2D eigenvalue weighted by molar-refractivity contribution is 6.33. The molecule has 1 aromatic rings. The first-order valence-corrected chi connectivity index (χ1v) is 6.33. The number of carbonyl (C=O) groups excluding carboxylic acids is 1. The molecule has 0 aromatic heterocycles. The van der Waals surface area contributed by atoms with Crippen molar-refractivity contribution in [2.24, 2.45) is 0 Å². The Morgan fingerprint density at radius 3 is 2.84 bits per heavy atom. The molecule has 106 valence electrons. The Morgan fingerprint density at radius 1 is 1.47 bits per heavy atom. The van der Waals surface area contributed by atoms with Crippen molar-refractivity contribution in [1.29, 1.82) is 0 Å². The highest BCUT2D eigenvalue weighted by atomic mass is 35.5. The normalized spacial score (nSPS) is 10.8. The summed E-state index contributed by atoms with van der Waals surface area (Å²) in [5.74, 6) is -1.11. The lowest BCUT2D eigenvalue weighted by Gasteiger charge is -2.16. The number of hydrogen-bond donors (Lipinski definition) is 1. The van der Waals surface area contributed by atoms with E-state index in [4.69, 9.17) is 16.3 Å². The first-order chi connectivity index (χ1) is 9.06. The summed E-state index contributed by atoms with van der Waals surface area (Å²) in [7, 11) is 3.55. The van der Waals surface area contributed by atoms with Crippen LogP contribution in [0.3, 0.4) is 0 Å². The van der Waals surface area contributed by atoms with Gasteiger partial charge in [0, 0.05) is 26.7 Å². The molecule has 1 amide bonds. The molecule has 0 atom stereocenters. The predicted octanol–water partition coefficient (Wildman–Crippen LogP) is 1.79. The van der Waals surface area contributed by atoms with Crippen molar-refractivity contribution >= 4 is 17.5 Å². The van der Waals surface area contributed by atoms with Crippen LogP contribution >= 0.6 is 11.6 Å². The van der Waals surface area contributed by atoms with Crippen LogP contribution in [0.1, 0.15) is 10.4 Å². The van der Waals surface area contributed by atoms with E-state index in [2.05, 4.69) is 5.32 Å². The number of methoxy groups -OCH3 is 1. The van der Waals surface area contributed by atoms with Crippen LogP contribution in [0, 0.1) is 5.82 Å². The third-order valence-corrected chi connectivity index (χ3v) is 2.96. The van der Waals surface area contributed by atoms with Gasteiger partial charge in [-0.3, -0.25) is 4.79 Å². The van der Waals surface area contributed by atoms with Gasteiger partial charge in [0.1, 0.15) is 5.82 Å². The summed E-state index contributed by atoms with van der Waals surface area (Å²) in [5, 5.41) is 2.76. The second kappa shape index (κ2) is 8.09. The molecule has 0 fully saturated rings. The van der Waals surface area contributed by atoms with Crippen LogP contribution in [0.15, 0.2) is 18.2 Å². The third-order valence-electron chi connectivity index (χ3n) is 2.65. The first-order valence-electron chi connectivity index (χ1n) is 5.96. The smallest absolute Gasteiger partial charge is 0.255 e. The van der Waals surface area contributed by atoms with Crippen LogP contribution in [0.25, 0.3) is 0 Å². The number of ether oxygens (including phenoxy) is 1. The topological polar surface area (TPSA) is 41.6 Å². The van der Waals surface area contributed by atoms with Gasteiger partial charge in [0.2, 0.25) is 0 Å². The van der Waals surface area contributed by atoms with Crippen LogP contribution in [-0.2, 0) is 4.74 Å². The van der Waals surface area contributed by atoms with E-state index in [1.807, 2.05) is 11.9 Å². The Kier molecular flexibility index (Phi) is 6.77. The minimum Gasteiger partial charge on any atom is -0.383 e. The molecule has 0 saturated heterocycles. The fraction of sp³-hybridized carbons (Fsp3) is 0.462. The summed E-state index contributed by atoms with van der Waals surface area (Å²) in [6.45, 7) is 2.47. The number of carbonyl (C=O) groups is 1. The molecule has 4 nitrogen and oxygen atoms in total. The van der Waals surface area contributed by atoms with E-state index >= 15 is 0 Å². The average Bonchev–Trinajstić information content (AvgIpc) is 2.36. The zero-order valence-electron chi connectivity index (χ0n) is 11.1. The molecule has 0 unspecified atom stereocenters. The molecule has 0 aliphatic carbocycles. The fourth-order valence-electron chi connectivity index (χ4n) is 1.52. The number of likely N-dealkylation sites (N-methyl/N-ethyl adjacent to an activating group) is 1. The number of benzene rings is 1. The molecule has 0 aliphatic rings. The van der Waals surface area contributed by atoms with Gasteiger partial charge < -0.3 is 15.0 Å². The number of nitrogens with one attached hydrogen (secondary N) is 1. The van der Waals surface area contributed by atoms with Crippen LogP contribution in [0.5, 0.6) is 0 Å². The third kappa shape index (κ3) is 5.14. The van der Waals surface area contributed by atoms with Gasteiger partial charge in [0.15, 0.2) is 0 Å². The lowest BCUT2D eigenvalue weighted by Crippen LogP contribution is -2.34. The maximum Gasteiger partial charge on any atom is 0.255 e. The molecule has 0 radical (unpaired) electrons. The van der Waals surface area contributed by atoms with Gasteiger partial charge in [-0.05, 0) is 19.2 Å². The minimum absolute atomic E-state index is 0.108. The number of halogens is 2. The van der Waals surface area contributed by atoms with E-state index in [0.29, 0.717) is 19.7 Å². The zero-order chi connectivity index (χ0) is 14.3. The maximum absolute atomic E-state index is 13.5. The van der Waals surface area contributed by atoms with E-state index in [0.717, 1.165) is 6.54 Å². The summed E-state index contributed by atoms with van der Waals surface area (Å²) in [6, 6.07) is 4.17. The lowest BCUT2D eigenvalue weighted by atomic mass is 10.2. The van der Waals surface area contributed by atoms with Crippen LogP contribution in [-0.4, -0.2) is 51.2 Å². The lowest BCUT2D eigenvalue weighted by molar-refractivity contribution is 0.0943. The predicted molar refractivity (Wildman–Crippen MR) is 73.1 cm³/mol.